The number of hydrogen-bond acceptors (Lipinski definition) is 4. The van der Waals surface area contributed by atoms with E-state index >= 15 is 0 Å². The number of hydrogen-bond donors (Lipinski definition) is 1. The molecule has 8 nitrogen and oxygen atoms in total. The molecule has 0 atom stereocenters. The Morgan fingerprint density at radius 1 is 1.11 bits per heavy atom. The van der Waals surface area contributed by atoms with Crippen molar-refractivity contribution >= 4 is 22.8 Å². The lowest BCUT2D eigenvalue weighted by Gasteiger charge is -2.11. The number of rotatable bonds is 4. The van der Waals surface area contributed by atoms with Crippen LogP contribution >= 0.6 is 0 Å². The smallest absolute Gasteiger partial charge is 0.325 e. The molecule has 2 aromatic heterocycles. The summed E-state index contributed by atoms with van der Waals surface area (Å²) in [5.41, 5.74) is 1.62. The minimum atomic E-state index is -0.468. The molecule has 1 aliphatic carbocycles. The second-order valence-corrected chi connectivity index (χ2v) is 7.40. The molecule has 1 aliphatic rings. The molecule has 1 N–H and O–H groups in total. The Kier molecular flexibility index (Phi) is 4.62. The molecule has 0 bridgehead atoms. The second-order valence-electron chi connectivity index (χ2n) is 7.40. The van der Waals surface area contributed by atoms with Crippen LogP contribution in [0.25, 0.3) is 11.2 Å². The van der Waals surface area contributed by atoms with E-state index in [2.05, 4.69) is 22.4 Å². The quantitative estimate of drug-likeness (QED) is 0.745. The SMILES string of the molecule is Cn1c(=O)c2c(ncn2CC(=O)Nc2ccc(C3CCCC3)cc2)n(C)c1=O. The molecule has 4 rings (SSSR count). The average molecular weight is 381 g/mol. The fraction of sp³-hybridized carbons (Fsp3) is 0.400. The van der Waals surface area contributed by atoms with Gasteiger partial charge in [0, 0.05) is 19.8 Å². The van der Waals surface area contributed by atoms with Gasteiger partial charge in [-0.2, -0.15) is 0 Å². The highest BCUT2D eigenvalue weighted by atomic mass is 16.2. The molecule has 0 saturated heterocycles. The van der Waals surface area contributed by atoms with E-state index in [9.17, 15) is 14.4 Å². The zero-order valence-electron chi connectivity index (χ0n) is 16.0. The summed E-state index contributed by atoms with van der Waals surface area (Å²) in [5.74, 6) is 0.369. The number of nitrogens with one attached hydrogen (secondary N) is 1. The minimum Gasteiger partial charge on any atom is -0.325 e. The van der Waals surface area contributed by atoms with Crippen molar-refractivity contribution in [3.05, 3.63) is 57.0 Å². The Hall–Kier alpha value is -3.16. The molecule has 2 heterocycles. The molecule has 8 heteroatoms. The third-order valence-corrected chi connectivity index (χ3v) is 5.55. The van der Waals surface area contributed by atoms with Gasteiger partial charge in [-0.3, -0.25) is 18.7 Å². The third-order valence-electron chi connectivity index (χ3n) is 5.55. The van der Waals surface area contributed by atoms with Crippen molar-refractivity contribution in [3.63, 3.8) is 0 Å². The van der Waals surface area contributed by atoms with Gasteiger partial charge >= 0.3 is 5.69 Å². The fourth-order valence-electron chi connectivity index (χ4n) is 3.97. The molecule has 1 saturated carbocycles. The van der Waals surface area contributed by atoms with Crippen molar-refractivity contribution in [2.75, 3.05) is 5.32 Å². The number of anilines is 1. The van der Waals surface area contributed by atoms with E-state index < -0.39 is 11.2 Å². The zero-order chi connectivity index (χ0) is 19.8. The summed E-state index contributed by atoms with van der Waals surface area (Å²) in [7, 11) is 2.96. The van der Waals surface area contributed by atoms with Crippen LogP contribution in [0.1, 0.15) is 37.2 Å². The van der Waals surface area contributed by atoms with E-state index in [0.717, 1.165) is 10.3 Å². The fourth-order valence-corrected chi connectivity index (χ4v) is 3.97. The Morgan fingerprint density at radius 2 is 1.79 bits per heavy atom. The van der Waals surface area contributed by atoms with Crippen LogP contribution in [0, 0.1) is 0 Å². The first-order valence-corrected chi connectivity index (χ1v) is 9.46. The van der Waals surface area contributed by atoms with E-state index in [1.165, 1.54) is 53.8 Å². The summed E-state index contributed by atoms with van der Waals surface area (Å²) in [5, 5.41) is 2.86. The van der Waals surface area contributed by atoms with Gasteiger partial charge in [-0.15, -0.1) is 0 Å². The highest BCUT2D eigenvalue weighted by molar-refractivity contribution is 5.91. The van der Waals surface area contributed by atoms with Crippen molar-refractivity contribution in [2.24, 2.45) is 14.1 Å². The highest BCUT2D eigenvalue weighted by Gasteiger charge is 2.18. The van der Waals surface area contributed by atoms with Gasteiger partial charge in [0.2, 0.25) is 5.91 Å². The predicted octanol–water partition coefficient (Wildman–Crippen LogP) is 1.73. The first-order chi connectivity index (χ1) is 13.5. The van der Waals surface area contributed by atoms with Crippen LogP contribution in [0.5, 0.6) is 0 Å². The number of nitrogens with zero attached hydrogens (tertiary/aromatic N) is 4. The van der Waals surface area contributed by atoms with Crippen LogP contribution in [-0.2, 0) is 25.4 Å². The van der Waals surface area contributed by atoms with E-state index in [1.807, 2.05) is 12.1 Å². The highest BCUT2D eigenvalue weighted by Crippen LogP contribution is 2.34. The second kappa shape index (κ2) is 7.10. The molecule has 3 aromatic rings. The van der Waals surface area contributed by atoms with Crippen molar-refractivity contribution < 1.29 is 4.79 Å². The molecule has 0 radical (unpaired) electrons. The van der Waals surface area contributed by atoms with Crippen molar-refractivity contribution in [3.8, 4) is 0 Å². The van der Waals surface area contributed by atoms with Gasteiger partial charge < -0.3 is 9.88 Å². The van der Waals surface area contributed by atoms with Gasteiger partial charge in [0.1, 0.15) is 6.54 Å². The monoisotopic (exact) mass is 381 g/mol. The zero-order valence-corrected chi connectivity index (χ0v) is 16.0. The van der Waals surface area contributed by atoms with Crippen LogP contribution in [0.2, 0.25) is 0 Å². The van der Waals surface area contributed by atoms with Crippen molar-refractivity contribution in [1.82, 2.24) is 18.7 Å². The molecule has 0 spiro atoms. The maximum atomic E-state index is 12.5. The number of fused-ring (bicyclic) bond motifs is 1. The average Bonchev–Trinajstić information content (AvgIpc) is 3.35. The number of aromatic nitrogens is 4. The lowest BCUT2D eigenvalue weighted by atomic mass is 9.98. The third kappa shape index (κ3) is 3.15. The predicted molar refractivity (Wildman–Crippen MR) is 106 cm³/mol. The Morgan fingerprint density at radius 3 is 2.46 bits per heavy atom. The maximum Gasteiger partial charge on any atom is 0.332 e. The number of carbonyl (C=O) groups excluding carboxylic acids is 1. The van der Waals surface area contributed by atoms with Crippen LogP contribution < -0.4 is 16.6 Å². The van der Waals surface area contributed by atoms with Gasteiger partial charge in [-0.25, -0.2) is 9.78 Å². The molecule has 1 fully saturated rings. The number of amides is 1. The van der Waals surface area contributed by atoms with E-state index in [4.69, 9.17) is 0 Å². The molecular formula is C20H23N5O3. The van der Waals surface area contributed by atoms with Crippen LogP contribution in [0.3, 0.4) is 0 Å². The molecule has 0 unspecified atom stereocenters. The van der Waals surface area contributed by atoms with Gasteiger partial charge in [0.05, 0.1) is 6.33 Å². The Labute approximate surface area is 161 Å². The molecule has 146 valence electrons. The normalized spacial score (nSPS) is 14.6. The number of aryl methyl sites for hydroxylation is 1. The lowest BCUT2D eigenvalue weighted by molar-refractivity contribution is -0.116. The maximum absolute atomic E-state index is 12.5. The van der Waals surface area contributed by atoms with E-state index in [-0.39, 0.29) is 23.6 Å². The standard InChI is InChI=1S/C20H23N5O3/c1-23-18-17(19(27)24(2)20(23)28)25(12-21-18)11-16(26)22-15-9-7-14(8-10-15)13-5-3-4-6-13/h7-10,12-13H,3-6,11H2,1-2H3,(H,22,26). The Balaban J connectivity index is 1.53. The van der Waals surface area contributed by atoms with Crippen molar-refractivity contribution in [1.29, 1.82) is 0 Å². The first kappa shape index (κ1) is 18.2. The summed E-state index contributed by atoms with van der Waals surface area (Å²) >= 11 is 0. The molecule has 1 amide bonds. The summed E-state index contributed by atoms with van der Waals surface area (Å²) in [6, 6.07) is 7.98. The first-order valence-electron chi connectivity index (χ1n) is 9.46. The van der Waals surface area contributed by atoms with Crippen LogP contribution in [0.4, 0.5) is 5.69 Å². The molecular weight excluding hydrogens is 358 g/mol. The van der Waals surface area contributed by atoms with Gasteiger partial charge in [-0.1, -0.05) is 25.0 Å². The van der Waals surface area contributed by atoms with Crippen LogP contribution in [-0.4, -0.2) is 24.6 Å². The van der Waals surface area contributed by atoms with Gasteiger partial charge in [-0.05, 0) is 36.5 Å². The Bertz CT molecular complexity index is 1150. The topological polar surface area (TPSA) is 90.9 Å². The summed E-state index contributed by atoms with van der Waals surface area (Å²) in [6.45, 7) is -0.0612. The van der Waals surface area contributed by atoms with Gasteiger partial charge in [0.25, 0.3) is 5.56 Å². The summed E-state index contributed by atoms with van der Waals surface area (Å²) in [4.78, 5) is 41.0. The van der Waals surface area contributed by atoms with Crippen molar-refractivity contribution in [2.45, 2.75) is 38.1 Å². The minimum absolute atomic E-state index is 0.0612. The molecule has 0 aliphatic heterocycles. The van der Waals surface area contributed by atoms with E-state index in [0.29, 0.717) is 5.92 Å². The van der Waals surface area contributed by atoms with E-state index in [1.54, 1.807) is 7.05 Å². The number of carbonyl (C=O) groups is 1. The largest absolute Gasteiger partial charge is 0.332 e. The summed E-state index contributed by atoms with van der Waals surface area (Å²) < 4.78 is 3.78. The van der Waals surface area contributed by atoms with Crippen LogP contribution in [0.15, 0.2) is 40.2 Å². The van der Waals surface area contributed by atoms with Gasteiger partial charge in [0.15, 0.2) is 11.2 Å². The lowest BCUT2D eigenvalue weighted by Crippen LogP contribution is -2.37. The number of benzene rings is 1. The summed E-state index contributed by atoms with van der Waals surface area (Å²) in [6.07, 6.45) is 6.45. The number of imidazole rings is 1. The molecule has 1 aromatic carbocycles. The molecule has 28 heavy (non-hydrogen) atoms.